The Hall–Kier alpha value is -3.22. The molecule has 7 nitrogen and oxygen atoms in total. The smallest absolute Gasteiger partial charge is 0.306 e. The molecular formula is C19H20N2O5. The van der Waals surface area contributed by atoms with Crippen molar-refractivity contribution in [2.45, 2.75) is 33.3 Å². The zero-order chi connectivity index (χ0) is 19.1. The van der Waals surface area contributed by atoms with Gasteiger partial charge >= 0.3 is 5.97 Å². The van der Waals surface area contributed by atoms with Crippen LogP contribution in [0.1, 0.15) is 29.5 Å². The lowest BCUT2D eigenvalue weighted by Crippen LogP contribution is -2.15. The normalized spacial score (nSPS) is 10.2. The Morgan fingerprint density at radius 2 is 1.77 bits per heavy atom. The van der Waals surface area contributed by atoms with Crippen molar-refractivity contribution in [2.75, 3.05) is 5.32 Å². The summed E-state index contributed by atoms with van der Waals surface area (Å²) in [5.74, 6) is -0.759. The van der Waals surface area contributed by atoms with Gasteiger partial charge in [0.1, 0.15) is 6.61 Å². The van der Waals surface area contributed by atoms with E-state index in [1.54, 1.807) is 0 Å². The van der Waals surface area contributed by atoms with Crippen LogP contribution in [0.5, 0.6) is 0 Å². The van der Waals surface area contributed by atoms with Gasteiger partial charge in [-0.05, 0) is 48.7 Å². The van der Waals surface area contributed by atoms with Crippen LogP contribution in [0.3, 0.4) is 0 Å². The second-order valence-electron chi connectivity index (χ2n) is 5.95. The first-order valence-corrected chi connectivity index (χ1v) is 8.11. The average molecular weight is 356 g/mol. The minimum absolute atomic E-state index is 0.00936. The summed E-state index contributed by atoms with van der Waals surface area (Å²) in [6.07, 6.45) is -0.0177. The van der Waals surface area contributed by atoms with E-state index in [2.05, 4.69) is 5.32 Å². The number of esters is 1. The summed E-state index contributed by atoms with van der Waals surface area (Å²) in [6, 6.07) is 11.5. The predicted octanol–water partition coefficient (Wildman–Crippen LogP) is 3.67. The van der Waals surface area contributed by atoms with Crippen LogP contribution in [0.25, 0.3) is 0 Å². The highest BCUT2D eigenvalue weighted by Crippen LogP contribution is 2.17. The molecular weight excluding hydrogens is 336 g/mol. The molecule has 7 heteroatoms. The molecule has 0 aliphatic carbocycles. The summed E-state index contributed by atoms with van der Waals surface area (Å²) in [5, 5.41) is 13.4. The molecule has 0 aliphatic rings. The first-order valence-electron chi connectivity index (χ1n) is 8.11. The second kappa shape index (κ2) is 8.75. The molecule has 1 N–H and O–H groups in total. The number of hydrogen-bond donors (Lipinski definition) is 1. The van der Waals surface area contributed by atoms with Crippen molar-refractivity contribution in [3.63, 3.8) is 0 Å². The van der Waals surface area contributed by atoms with Gasteiger partial charge < -0.3 is 10.1 Å². The molecule has 0 unspecified atom stereocenters. The van der Waals surface area contributed by atoms with Crippen LogP contribution in [0.4, 0.5) is 11.4 Å². The largest absolute Gasteiger partial charge is 0.461 e. The average Bonchev–Trinajstić information content (AvgIpc) is 2.61. The number of aryl methyl sites for hydroxylation is 2. The fourth-order valence-corrected chi connectivity index (χ4v) is 2.25. The highest BCUT2D eigenvalue weighted by molar-refractivity contribution is 5.93. The third-order valence-corrected chi connectivity index (χ3v) is 3.77. The number of ether oxygens (including phenoxy) is 1. The van der Waals surface area contributed by atoms with Crippen molar-refractivity contribution in [1.29, 1.82) is 0 Å². The van der Waals surface area contributed by atoms with E-state index in [1.165, 1.54) is 24.3 Å². The molecule has 0 fully saturated rings. The molecule has 26 heavy (non-hydrogen) atoms. The van der Waals surface area contributed by atoms with Crippen LogP contribution >= 0.6 is 0 Å². The van der Waals surface area contributed by atoms with Gasteiger partial charge in [-0.15, -0.1) is 0 Å². The highest BCUT2D eigenvalue weighted by atomic mass is 16.6. The fourth-order valence-electron chi connectivity index (χ4n) is 2.25. The first-order chi connectivity index (χ1) is 12.3. The van der Waals surface area contributed by atoms with Crippen molar-refractivity contribution >= 4 is 23.3 Å². The summed E-state index contributed by atoms with van der Waals surface area (Å²) in [4.78, 5) is 33.8. The summed E-state index contributed by atoms with van der Waals surface area (Å²) in [6.45, 7) is 3.84. The van der Waals surface area contributed by atoms with Crippen LogP contribution in [-0.2, 0) is 20.9 Å². The quantitative estimate of drug-likeness (QED) is 0.463. The molecule has 0 heterocycles. The number of carbonyl (C=O) groups is 2. The lowest BCUT2D eigenvalue weighted by molar-refractivity contribution is -0.384. The molecule has 1 amide bonds. The lowest BCUT2D eigenvalue weighted by Gasteiger charge is -2.09. The predicted molar refractivity (Wildman–Crippen MR) is 96.7 cm³/mol. The Balaban J connectivity index is 1.76. The standard InChI is InChI=1S/C19H20N2O5/c1-13-3-4-14(2)17(11-13)20-18(22)9-10-19(23)26-12-15-5-7-16(8-6-15)21(24)25/h3-8,11H,9-10,12H2,1-2H3,(H,20,22). The zero-order valence-corrected chi connectivity index (χ0v) is 14.7. The number of anilines is 1. The Kier molecular flexibility index (Phi) is 6.43. The molecule has 2 aromatic carbocycles. The number of nitrogens with zero attached hydrogens (tertiary/aromatic N) is 1. The maximum absolute atomic E-state index is 12.0. The lowest BCUT2D eigenvalue weighted by atomic mass is 10.1. The van der Waals surface area contributed by atoms with Crippen molar-refractivity contribution in [1.82, 2.24) is 0 Å². The molecule has 0 saturated carbocycles. The van der Waals surface area contributed by atoms with E-state index in [-0.39, 0.29) is 31.0 Å². The molecule has 0 radical (unpaired) electrons. The minimum Gasteiger partial charge on any atom is -0.461 e. The minimum atomic E-state index is -0.500. The van der Waals surface area contributed by atoms with Crippen LogP contribution in [0.15, 0.2) is 42.5 Å². The highest BCUT2D eigenvalue weighted by Gasteiger charge is 2.10. The van der Waals surface area contributed by atoms with Gasteiger partial charge in [-0.2, -0.15) is 0 Å². The van der Waals surface area contributed by atoms with Crippen molar-refractivity contribution in [3.05, 3.63) is 69.3 Å². The van der Waals surface area contributed by atoms with Gasteiger partial charge in [-0.1, -0.05) is 12.1 Å². The van der Waals surface area contributed by atoms with Gasteiger partial charge in [0, 0.05) is 24.2 Å². The van der Waals surface area contributed by atoms with Crippen LogP contribution in [0, 0.1) is 24.0 Å². The second-order valence-corrected chi connectivity index (χ2v) is 5.95. The van der Waals surface area contributed by atoms with Gasteiger partial charge in [0.15, 0.2) is 0 Å². The molecule has 2 aromatic rings. The van der Waals surface area contributed by atoms with E-state index in [1.807, 2.05) is 32.0 Å². The van der Waals surface area contributed by atoms with Gasteiger partial charge in [0.05, 0.1) is 11.3 Å². The topological polar surface area (TPSA) is 98.5 Å². The monoisotopic (exact) mass is 356 g/mol. The van der Waals surface area contributed by atoms with Gasteiger partial charge in [-0.3, -0.25) is 19.7 Å². The van der Waals surface area contributed by atoms with Gasteiger partial charge in [0.25, 0.3) is 5.69 Å². The summed E-state index contributed by atoms with van der Waals surface area (Å²) in [7, 11) is 0. The number of nitro groups is 1. The molecule has 0 bridgehead atoms. The Labute approximate surface area is 151 Å². The first kappa shape index (κ1) is 19.1. The number of nitrogens with one attached hydrogen (secondary N) is 1. The van der Waals surface area contributed by atoms with E-state index in [4.69, 9.17) is 4.74 Å². The molecule has 0 aromatic heterocycles. The summed E-state index contributed by atoms with van der Waals surface area (Å²) >= 11 is 0. The number of benzene rings is 2. The summed E-state index contributed by atoms with van der Waals surface area (Å²) < 4.78 is 5.08. The maximum Gasteiger partial charge on any atom is 0.306 e. The van der Waals surface area contributed by atoms with E-state index >= 15 is 0 Å². The van der Waals surface area contributed by atoms with E-state index in [0.717, 1.165) is 16.8 Å². The van der Waals surface area contributed by atoms with Crippen molar-refractivity contribution in [3.8, 4) is 0 Å². The Morgan fingerprint density at radius 1 is 1.08 bits per heavy atom. The Bertz CT molecular complexity index is 815. The van der Waals surface area contributed by atoms with Crippen LogP contribution in [0.2, 0.25) is 0 Å². The number of hydrogen-bond acceptors (Lipinski definition) is 5. The number of amides is 1. The van der Waals surface area contributed by atoms with Gasteiger partial charge in [-0.25, -0.2) is 0 Å². The van der Waals surface area contributed by atoms with E-state index in [0.29, 0.717) is 5.56 Å². The van der Waals surface area contributed by atoms with Crippen molar-refractivity contribution in [2.24, 2.45) is 0 Å². The number of rotatable bonds is 7. The number of non-ortho nitro benzene ring substituents is 1. The van der Waals surface area contributed by atoms with E-state index in [9.17, 15) is 19.7 Å². The Morgan fingerprint density at radius 3 is 2.42 bits per heavy atom. The van der Waals surface area contributed by atoms with Crippen LogP contribution in [-0.4, -0.2) is 16.8 Å². The molecule has 2 rings (SSSR count). The SMILES string of the molecule is Cc1ccc(C)c(NC(=O)CCC(=O)OCc2ccc([N+](=O)[O-])cc2)c1. The molecule has 136 valence electrons. The molecule has 0 aliphatic heterocycles. The third-order valence-electron chi connectivity index (χ3n) is 3.77. The number of nitro benzene ring substituents is 1. The molecule has 0 saturated heterocycles. The van der Waals surface area contributed by atoms with E-state index < -0.39 is 10.9 Å². The van der Waals surface area contributed by atoms with Crippen molar-refractivity contribution < 1.29 is 19.2 Å². The zero-order valence-electron chi connectivity index (χ0n) is 14.7. The third kappa shape index (κ3) is 5.70. The van der Waals surface area contributed by atoms with Crippen LogP contribution < -0.4 is 5.32 Å². The number of carbonyl (C=O) groups excluding carboxylic acids is 2. The molecule has 0 spiro atoms. The molecule has 0 atom stereocenters. The maximum atomic E-state index is 12.0. The summed E-state index contributed by atoms with van der Waals surface area (Å²) in [5.41, 5.74) is 3.33. The van der Waals surface area contributed by atoms with Gasteiger partial charge in [0.2, 0.25) is 5.91 Å². The fraction of sp³-hybridized carbons (Fsp3) is 0.263.